The molecule has 5 heteroatoms. The van der Waals surface area contributed by atoms with Crippen molar-refractivity contribution < 1.29 is 14.7 Å². The molecule has 0 aromatic heterocycles. The lowest BCUT2D eigenvalue weighted by Crippen LogP contribution is -2.42. The Morgan fingerprint density at radius 2 is 2.00 bits per heavy atom. The number of nitrogens with one attached hydrogen (secondary N) is 1. The molecule has 1 aliphatic heterocycles. The Morgan fingerprint density at radius 1 is 1.29 bits per heavy atom. The van der Waals surface area contributed by atoms with E-state index in [1.807, 2.05) is 0 Å². The summed E-state index contributed by atoms with van der Waals surface area (Å²) in [5, 5.41) is 12.2. The molecule has 0 atom stereocenters. The highest BCUT2D eigenvalue weighted by Gasteiger charge is 2.30. The molecule has 96 valence electrons. The van der Waals surface area contributed by atoms with E-state index >= 15 is 0 Å². The highest BCUT2D eigenvalue weighted by atomic mass is 16.3. The van der Waals surface area contributed by atoms with Crippen molar-refractivity contribution in [2.24, 2.45) is 5.92 Å². The van der Waals surface area contributed by atoms with E-state index in [4.69, 9.17) is 0 Å². The van der Waals surface area contributed by atoms with E-state index in [1.54, 1.807) is 4.90 Å². The molecule has 1 saturated carbocycles. The van der Waals surface area contributed by atoms with Gasteiger partial charge in [0.05, 0.1) is 12.6 Å². The van der Waals surface area contributed by atoms with E-state index in [2.05, 4.69) is 5.32 Å². The second kappa shape index (κ2) is 5.49. The van der Waals surface area contributed by atoms with Crippen molar-refractivity contribution >= 4 is 11.8 Å². The van der Waals surface area contributed by atoms with Gasteiger partial charge >= 0.3 is 0 Å². The highest BCUT2D eigenvalue weighted by Crippen LogP contribution is 2.26. The molecular formula is C12H20N2O3. The normalized spacial score (nSPS) is 30.6. The van der Waals surface area contributed by atoms with Crippen LogP contribution in [0.2, 0.25) is 0 Å². The number of carbonyl (C=O) groups is 2. The van der Waals surface area contributed by atoms with Crippen LogP contribution in [0.15, 0.2) is 0 Å². The maximum absolute atomic E-state index is 12.2. The van der Waals surface area contributed by atoms with Gasteiger partial charge in [0.2, 0.25) is 11.8 Å². The van der Waals surface area contributed by atoms with Crippen LogP contribution in [0.5, 0.6) is 0 Å². The molecule has 2 N–H and O–H groups in total. The standard InChI is InChI=1S/C12H20N2O3/c15-10-4-2-9(3-5-10)12(17)14-7-1-6-13-11(16)8-14/h9-10,15H,1-8H2,(H,13,16). The van der Waals surface area contributed by atoms with Gasteiger partial charge in [0, 0.05) is 19.0 Å². The van der Waals surface area contributed by atoms with Crippen LogP contribution in [-0.4, -0.2) is 47.6 Å². The lowest BCUT2D eigenvalue weighted by molar-refractivity contribution is -0.140. The SMILES string of the molecule is O=C1CN(C(=O)C2CCC(O)CC2)CCCN1. The van der Waals surface area contributed by atoms with Crippen LogP contribution in [0, 0.1) is 5.92 Å². The molecule has 2 aliphatic rings. The van der Waals surface area contributed by atoms with E-state index in [-0.39, 0.29) is 30.4 Å². The summed E-state index contributed by atoms with van der Waals surface area (Å²) in [6, 6.07) is 0. The number of amides is 2. The van der Waals surface area contributed by atoms with Crippen LogP contribution >= 0.6 is 0 Å². The average molecular weight is 240 g/mol. The van der Waals surface area contributed by atoms with Gasteiger partial charge in [0.25, 0.3) is 0 Å². The number of rotatable bonds is 1. The van der Waals surface area contributed by atoms with E-state index in [9.17, 15) is 14.7 Å². The fourth-order valence-electron chi connectivity index (χ4n) is 2.58. The molecule has 2 amide bonds. The summed E-state index contributed by atoms with van der Waals surface area (Å²) in [5.74, 6) is 0.0324. The van der Waals surface area contributed by atoms with Crippen molar-refractivity contribution in [1.29, 1.82) is 0 Å². The zero-order chi connectivity index (χ0) is 12.3. The average Bonchev–Trinajstić information content (AvgIpc) is 2.54. The lowest BCUT2D eigenvalue weighted by Gasteiger charge is -2.29. The number of hydrogen-bond acceptors (Lipinski definition) is 3. The molecule has 2 rings (SSSR count). The molecule has 1 heterocycles. The van der Waals surface area contributed by atoms with Gasteiger partial charge in [-0.15, -0.1) is 0 Å². The predicted octanol–water partition coefficient (Wildman–Crippen LogP) is -0.114. The van der Waals surface area contributed by atoms with Gasteiger partial charge in [-0.25, -0.2) is 0 Å². The van der Waals surface area contributed by atoms with Crippen LogP contribution in [0.1, 0.15) is 32.1 Å². The van der Waals surface area contributed by atoms with Crippen molar-refractivity contribution in [2.45, 2.75) is 38.2 Å². The number of nitrogens with zero attached hydrogens (tertiary/aromatic N) is 1. The predicted molar refractivity (Wildman–Crippen MR) is 62.2 cm³/mol. The van der Waals surface area contributed by atoms with Crippen molar-refractivity contribution in [3.63, 3.8) is 0 Å². The zero-order valence-corrected chi connectivity index (χ0v) is 10.0. The summed E-state index contributed by atoms with van der Waals surface area (Å²) in [6.45, 7) is 1.51. The third-order valence-corrected chi connectivity index (χ3v) is 3.62. The molecular weight excluding hydrogens is 220 g/mol. The summed E-state index contributed by atoms with van der Waals surface area (Å²) < 4.78 is 0. The second-order valence-electron chi connectivity index (χ2n) is 4.97. The maximum atomic E-state index is 12.2. The fourth-order valence-corrected chi connectivity index (χ4v) is 2.58. The zero-order valence-electron chi connectivity index (χ0n) is 10.0. The summed E-state index contributed by atoms with van der Waals surface area (Å²) in [4.78, 5) is 25.3. The van der Waals surface area contributed by atoms with Gasteiger partial charge in [0.15, 0.2) is 0 Å². The van der Waals surface area contributed by atoms with Crippen LogP contribution < -0.4 is 5.32 Å². The first kappa shape index (κ1) is 12.4. The van der Waals surface area contributed by atoms with Gasteiger partial charge in [0.1, 0.15) is 0 Å². The van der Waals surface area contributed by atoms with Crippen LogP contribution in [0.3, 0.4) is 0 Å². The Kier molecular flexibility index (Phi) is 3.99. The topological polar surface area (TPSA) is 69.6 Å². The van der Waals surface area contributed by atoms with E-state index in [0.717, 1.165) is 19.3 Å². The number of aliphatic hydroxyl groups is 1. The van der Waals surface area contributed by atoms with E-state index < -0.39 is 0 Å². The minimum absolute atomic E-state index is 0.00398. The monoisotopic (exact) mass is 240 g/mol. The molecule has 0 aromatic carbocycles. The molecule has 5 nitrogen and oxygen atoms in total. The molecule has 1 saturated heterocycles. The minimum Gasteiger partial charge on any atom is -0.393 e. The largest absolute Gasteiger partial charge is 0.393 e. The van der Waals surface area contributed by atoms with Gasteiger partial charge in [-0.3, -0.25) is 9.59 Å². The Labute approximate surface area is 101 Å². The third-order valence-electron chi connectivity index (χ3n) is 3.62. The van der Waals surface area contributed by atoms with Gasteiger partial charge in [-0.05, 0) is 32.1 Å². The lowest BCUT2D eigenvalue weighted by atomic mass is 9.86. The Bertz CT molecular complexity index is 298. The van der Waals surface area contributed by atoms with Gasteiger partial charge in [-0.1, -0.05) is 0 Å². The molecule has 17 heavy (non-hydrogen) atoms. The Morgan fingerprint density at radius 3 is 2.71 bits per heavy atom. The smallest absolute Gasteiger partial charge is 0.239 e. The summed E-state index contributed by atoms with van der Waals surface area (Å²) in [5.41, 5.74) is 0. The van der Waals surface area contributed by atoms with E-state index in [0.29, 0.717) is 25.9 Å². The molecule has 1 aliphatic carbocycles. The molecule has 0 aromatic rings. The molecule has 2 fully saturated rings. The molecule has 0 spiro atoms. The summed E-state index contributed by atoms with van der Waals surface area (Å²) >= 11 is 0. The quantitative estimate of drug-likeness (QED) is 0.671. The van der Waals surface area contributed by atoms with Crippen LogP contribution in [-0.2, 0) is 9.59 Å². The highest BCUT2D eigenvalue weighted by molar-refractivity contribution is 5.86. The Hall–Kier alpha value is -1.10. The molecule has 0 bridgehead atoms. The van der Waals surface area contributed by atoms with Crippen molar-refractivity contribution in [3.05, 3.63) is 0 Å². The minimum atomic E-state index is -0.244. The first-order chi connectivity index (χ1) is 8.16. The van der Waals surface area contributed by atoms with Gasteiger partial charge < -0.3 is 15.3 Å². The van der Waals surface area contributed by atoms with Crippen molar-refractivity contribution in [2.75, 3.05) is 19.6 Å². The third kappa shape index (κ3) is 3.19. The fraction of sp³-hybridized carbons (Fsp3) is 0.833. The number of hydrogen-bond donors (Lipinski definition) is 2. The summed E-state index contributed by atoms with van der Waals surface area (Å²) in [7, 11) is 0. The molecule has 0 unspecified atom stereocenters. The molecule has 0 radical (unpaired) electrons. The van der Waals surface area contributed by atoms with E-state index in [1.165, 1.54) is 0 Å². The second-order valence-corrected chi connectivity index (χ2v) is 4.97. The van der Waals surface area contributed by atoms with Crippen LogP contribution in [0.4, 0.5) is 0 Å². The first-order valence-electron chi connectivity index (χ1n) is 6.40. The number of aliphatic hydroxyl groups excluding tert-OH is 1. The van der Waals surface area contributed by atoms with Crippen molar-refractivity contribution in [3.8, 4) is 0 Å². The number of carbonyl (C=O) groups excluding carboxylic acids is 2. The summed E-state index contributed by atoms with van der Waals surface area (Å²) in [6.07, 6.45) is 3.49. The van der Waals surface area contributed by atoms with Crippen LogP contribution in [0.25, 0.3) is 0 Å². The Balaban J connectivity index is 1.91. The van der Waals surface area contributed by atoms with Gasteiger partial charge in [-0.2, -0.15) is 0 Å². The first-order valence-corrected chi connectivity index (χ1v) is 6.40. The maximum Gasteiger partial charge on any atom is 0.239 e. The van der Waals surface area contributed by atoms with Crippen molar-refractivity contribution in [1.82, 2.24) is 10.2 Å².